The summed E-state index contributed by atoms with van der Waals surface area (Å²) in [4.78, 5) is 15.0. The normalized spacial score (nSPS) is 17.6. The summed E-state index contributed by atoms with van der Waals surface area (Å²) in [6.45, 7) is 5.82. The third-order valence-corrected chi connectivity index (χ3v) is 5.53. The van der Waals surface area contributed by atoms with E-state index in [-0.39, 0.29) is 29.8 Å². The molecular formula is C23H31ClN2O4. The molecule has 7 heteroatoms. The number of hydrogen-bond donors (Lipinski definition) is 1. The van der Waals surface area contributed by atoms with Gasteiger partial charge in [-0.2, -0.15) is 0 Å². The standard InChI is InChI=1S/C23H30N2O4.ClH/c1-23(2)15-25(11-10-20(23)24)22(26)17-12-18(27-3)21(19(13-17)28-4)29-14-16-8-6-5-7-9-16;/h5-9,12-13,20H,10-11,14-15,24H2,1-4H3;1H. The van der Waals surface area contributed by atoms with Crippen LogP contribution in [0.4, 0.5) is 0 Å². The Kier molecular flexibility index (Phi) is 7.98. The first kappa shape index (κ1) is 23.8. The first-order valence-corrected chi connectivity index (χ1v) is 9.83. The van der Waals surface area contributed by atoms with Crippen LogP contribution in [0.1, 0.15) is 36.2 Å². The first-order chi connectivity index (χ1) is 13.9. The fourth-order valence-electron chi connectivity index (χ4n) is 3.61. The van der Waals surface area contributed by atoms with E-state index in [4.69, 9.17) is 19.9 Å². The molecule has 0 saturated carbocycles. The number of carbonyl (C=O) groups excluding carboxylic acids is 1. The lowest BCUT2D eigenvalue weighted by Gasteiger charge is -2.42. The zero-order chi connectivity index (χ0) is 21.0. The highest BCUT2D eigenvalue weighted by Crippen LogP contribution is 2.40. The Morgan fingerprint density at radius 1 is 1.13 bits per heavy atom. The Hall–Kier alpha value is -2.44. The summed E-state index contributed by atoms with van der Waals surface area (Å²) in [6, 6.07) is 13.4. The van der Waals surface area contributed by atoms with Crippen molar-refractivity contribution in [3.05, 3.63) is 53.6 Å². The molecule has 0 spiro atoms. The molecule has 30 heavy (non-hydrogen) atoms. The Balaban J connectivity index is 0.00000320. The minimum Gasteiger partial charge on any atom is -0.493 e. The molecule has 0 aliphatic carbocycles. The number of carbonyl (C=O) groups is 1. The van der Waals surface area contributed by atoms with E-state index in [9.17, 15) is 4.79 Å². The van der Waals surface area contributed by atoms with Crippen molar-refractivity contribution in [2.75, 3.05) is 27.3 Å². The van der Waals surface area contributed by atoms with E-state index in [0.717, 1.165) is 12.0 Å². The summed E-state index contributed by atoms with van der Waals surface area (Å²) in [5, 5.41) is 0. The van der Waals surface area contributed by atoms with Gasteiger partial charge in [-0.15, -0.1) is 12.4 Å². The molecule has 2 aromatic carbocycles. The number of amides is 1. The van der Waals surface area contributed by atoms with Gasteiger partial charge in [-0.05, 0) is 29.5 Å². The van der Waals surface area contributed by atoms with Gasteiger partial charge in [-0.1, -0.05) is 44.2 Å². The number of hydrogen-bond acceptors (Lipinski definition) is 5. The highest BCUT2D eigenvalue weighted by atomic mass is 35.5. The predicted molar refractivity (Wildman–Crippen MR) is 120 cm³/mol. The molecule has 2 aromatic rings. The van der Waals surface area contributed by atoms with Gasteiger partial charge in [0.15, 0.2) is 11.5 Å². The van der Waals surface area contributed by atoms with Gasteiger partial charge < -0.3 is 24.8 Å². The number of nitrogens with two attached hydrogens (primary N) is 1. The Morgan fingerprint density at radius 3 is 2.27 bits per heavy atom. The molecule has 1 saturated heterocycles. The summed E-state index contributed by atoms with van der Waals surface area (Å²) in [5.74, 6) is 1.36. The molecule has 0 radical (unpaired) electrons. The van der Waals surface area contributed by atoms with Crippen LogP contribution in [-0.4, -0.2) is 44.2 Å². The third-order valence-electron chi connectivity index (χ3n) is 5.53. The number of likely N-dealkylation sites (tertiary alicyclic amines) is 1. The van der Waals surface area contributed by atoms with E-state index < -0.39 is 0 Å². The van der Waals surface area contributed by atoms with Crippen LogP contribution in [0.25, 0.3) is 0 Å². The first-order valence-electron chi connectivity index (χ1n) is 9.83. The summed E-state index contributed by atoms with van der Waals surface area (Å²) < 4.78 is 17.0. The second kappa shape index (κ2) is 10.0. The smallest absolute Gasteiger partial charge is 0.254 e. The number of piperidine rings is 1. The topological polar surface area (TPSA) is 74.0 Å². The van der Waals surface area contributed by atoms with Crippen LogP contribution in [-0.2, 0) is 6.61 Å². The van der Waals surface area contributed by atoms with Crippen LogP contribution in [0.3, 0.4) is 0 Å². The number of rotatable bonds is 6. The minimum atomic E-state index is -0.124. The molecule has 6 nitrogen and oxygen atoms in total. The monoisotopic (exact) mass is 434 g/mol. The highest BCUT2D eigenvalue weighted by molar-refractivity contribution is 5.95. The van der Waals surface area contributed by atoms with E-state index in [2.05, 4.69) is 13.8 Å². The van der Waals surface area contributed by atoms with E-state index in [0.29, 0.717) is 42.5 Å². The van der Waals surface area contributed by atoms with Gasteiger partial charge >= 0.3 is 0 Å². The fraction of sp³-hybridized carbons (Fsp3) is 0.435. The maximum Gasteiger partial charge on any atom is 0.254 e. The molecule has 2 N–H and O–H groups in total. The van der Waals surface area contributed by atoms with Crippen molar-refractivity contribution < 1.29 is 19.0 Å². The van der Waals surface area contributed by atoms with Gasteiger partial charge in [-0.25, -0.2) is 0 Å². The summed E-state index contributed by atoms with van der Waals surface area (Å²) in [6.07, 6.45) is 0.783. The second-order valence-electron chi connectivity index (χ2n) is 8.09. The van der Waals surface area contributed by atoms with Gasteiger partial charge in [0.25, 0.3) is 5.91 Å². The molecule has 164 valence electrons. The van der Waals surface area contributed by atoms with E-state index in [1.165, 1.54) is 0 Å². The molecule has 1 heterocycles. The van der Waals surface area contributed by atoms with E-state index in [1.54, 1.807) is 26.4 Å². The number of halogens is 1. The average Bonchev–Trinajstić information content (AvgIpc) is 2.73. The van der Waals surface area contributed by atoms with Crippen molar-refractivity contribution in [1.29, 1.82) is 0 Å². The summed E-state index contributed by atoms with van der Waals surface area (Å²) in [7, 11) is 3.11. The van der Waals surface area contributed by atoms with Crippen molar-refractivity contribution in [2.24, 2.45) is 11.1 Å². The molecule has 1 unspecified atom stereocenters. The molecular weight excluding hydrogens is 404 g/mol. The quantitative estimate of drug-likeness (QED) is 0.746. The Labute approximate surface area is 184 Å². The average molecular weight is 435 g/mol. The molecule has 0 bridgehead atoms. The lowest BCUT2D eigenvalue weighted by atomic mass is 9.79. The van der Waals surface area contributed by atoms with Gasteiger partial charge in [0.05, 0.1) is 14.2 Å². The largest absolute Gasteiger partial charge is 0.493 e. The second-order valence-corrected chi connectivity index (χ2v) is 8.09. The Bertz CT molecular complexity index is 833. The lowest BCUT2D eigenvalue weighted by Crippen LogP contribution is -2.54. The summed E-state index contributed by atoms with van der Waals surface area (Å²) >= 11 is 0. The maximum absolute atomic E-state index is 13.2. The van der Waals surface area contributed by atoms with Gasteiger partial charge in [0, 0.05) is 24.7 Å². The van der Waals surface area contributed by atoms with Crippen LogP contribution in [0.2, 0.25) is 0 Å². The SMILES string of the molecule is COc1cc(C(=O)N2CCC(N)C(C)(C)C2)cc(OC)c1OCc1ccccc1.Cl. The number of benzene rings is 2. The van der Waals surface area contributed by atoms with Gasteiger partial charge in [0.2, 0.25) is 5.75 Å². The highest BCUT2D eigenvalue weighted by Gasteiger charge is 2.36. The zero-order valence-corrected chi connectivity index (χ0v) is 18.8. The van der Waals surface area contributed by atoms with E-state index in [1.807, 2.05) is 35.2 Å². The van der Waals surface area contributed by atoms with Crippen molar-refractivity contribution in [1.82, 2.24) is 4.90 Å². The minimum absolute atomic E-state index is 0. The maximum atomic E-state index is 13.2. The van der Waals surface area contributed by atoms with Crippen LogP contribution in [0.5, 0.6) is 17.2 Å². The van der Waals surface area contributed by atoms with Crippen molar-refractivity contribution in [3.8, 4) is 17.2 Å². The van der Waals surface area contributed by atoms with Crippen LogP contribution >= 0.6 is 12.4 Å². The third kappa shape index (κ3) is 5.18. The number of methoxy groups -OCH3 is 2. The number of ether oxygens (including phenoxy) is 3. The van der Waals surface area contributed by atoms with Crippen LogP contribution in [0.15, 0.2) is 42.5 Å². The van der Waals surface area contributed by atoms with Gasteiger partial charge in [-0.3, -0.25) is 4.79 Å². The van der Waals surface area contributed by atoms with E-state index >= 15 is 0 Å². The summed E-state index contributed by atoms with van der Waals surface area (Å²) in [5.41, 5.74) is 7.63. The lowest BCUT2D eigenvalue weighted by molar-refractivity contribution is 0.0532. The van der Waals surface area contributed by atoms with Gasteiger partial charge in [0.1, 0.15) is 6.61 Å². The fourth-order valence-corrected chi connectivity index (χ4v) is 3.61. The number of nitrogens with zero attached hydrogens (tertiary/aromatic N) is 1. The van der Waals surface area contributed by atoms with Crippen molar-refractivity contribution in [3.63, 3.8) is 0 Å². The molecule has 3 rings (SSSR count). The van der Waals surface area contributed by atoms with Crippen molar-refractivity contribution in [2.45, 2.75) is 32.9 Å². The van der Waals surface area contributed by atoms with Crippen molar-refractivity contribution >= 4 is 18.3 Å². The van der Waals surface area contributed by atoms with Crippen LogP contribution in [0, 0.1) is 5.41 Å². The zero-order valence-electron chi connectivity index (χ0n) is 18.0. The van der Waals surface area contributed by atoms with Crippen LogP contribution < -0.4 is 19.9 Å². The molecule has 1 aliphatic rings. The molecule has 1 atom stereocenters. The Morgan fingerprint density at radius 2 is 1.73 bits per heavy atom. The molecule has 1 aliphatic heterocycles. The molecule has 0 aromatic heterocycles. The predicted octanol–water partition coefficient (Wildman–Crippen LogP) is 3.90. The molecule has 1 amide bonds. The molecule has 1 fully saturated rings.